The van der Waals surface area contributed by atoms with E-state index in [4.69, 9.17) is 5.21 Å². The maximum absolute atomic E-state index is 10.7. The van der Waals surface area contributed by atoms with Crippen molar-refractivity contribution in [1.29, 1.82) is 0 Å². The number of pyridine rings is 1. The molecule has 0 radical (unpaired) electrons. The van der Waals surface area contributed by atoms with Crippen molar-refractivity contribution in [3.05, 3.63) is 35.3 Å². The van der Waals surface area contributed by atoms with Crippen LogP contribution in [-0.4, -0.2) is 10.9 Å². The smallest absolute Gasteiger partial charge is 0.189 e. The Bertz CT molecular complexity index is 284. The highest BCUT2D eigenvalue weighted by Crippen LogP contribution is 1.95. The van der Waals surface area contributed by atoms with E-state index < -0.39 is 0 Å². The van der Waals surface area contributed by atoms with Gasteiger partial charge in [-0.3, -0.25) is 0 Å². The minimum absolute atomic E-state index is 0.426. The van der Waals surface area contributed by atoms with Gasteiger partial charge in [0.15, 0.2) is 12.4 Å². The molecule has 0 aliphatic heterocycles. The first-order chi connectivity index (χ1) is 5.24. The first-order valence-electron chi connectivity index (χ1n) is 3.12. The summed E-state index contributed by atoms with van der Waals surface area (Å²) in [6.07, 6.45) is 2.71. The van der Waals surface area contributed by atoms with Crippen LogP contribution in [0.2, 0.25) is 0 Å². The van der Waals surface area contributed by atoms with Gasteiger partial charge in [-0.2, -0.15) is 4.73 Å². The monoisotopic (exact) mass is 152 g/mol. The molecule has 0 fully saturated rings. The van der Waals surface area contributed by atoms with Crippen LogP contribution in [0.5, 0.6) is 0 Å². The molecule has 0 unspecified atom stereocenters. The third-order valence-electron chi connectivity index (χ3n) is 1.34. The lowest BCUT2D eigenvalue weighted by Crippen LogP contribution is -2.25. The van der Waals surface area contributed by atoms with E-state index in [0.29, 0.717) is 16.0 Å². The molecule has 1 N–H and O–H groups in total. The first-order valence-corrected chi connectivity index (χ1v) is 3.12. The molecule has 0 saturated carbocycles. The second-order valence-corrected chi connectivity index (χ2v) is 2.14. The molecule has 4 heteroatoms. The molecule has 0 atom stereocenters. The maximum Gasteiger partial charge on any atom is 0.189 e. The molecular formula is C7H8N2O2. The highest BCUT2D eigenvalue weighted by molar-refractivity contribution is 5.97. The third kappa shape index (κ3) is 1.67. The minimum Gasteiger partial charge on any atom is -0.619 e. The molecule has 0 amide bonds. The Hall–Kier alpha value is -1.58. The van der Waals surface area contributed by atoms with Crippen LogP contribution < -0.4 is 4.73 Å². The lowest BCUT2D eigenvalue weighted by atomic mass is 10.2. The van der Waals surface area contributed by atoms with Crippen LogP contribution in [0.4, 0.5) is 0 Å². The quantitative estimate of drug-likeness (QED) is 0.209. The molecule has 0 aliphatic carbocycles. The summed E-state index contributed by atoms with van der Waals surface area (Å²) < 4.78 is 0.657. The minimum atomic E-state index is 0.426. The highest BCUT2D eigenvalue weighted by Gasteiger charge is 1.99. The van der Waals surface area contributed by atoms with Crippen molar-refractivity contribution in [2.24, 2.45) is 5.16 Å². The number of hydrogen-bond donors (Lipinski definition) is 1. The van der Waals surface area contributed by atoms with Crippen LogP contribution in [0.1, 0.15) is 12.5 Å². The molecular weight excluding hydrogens is 144 g/mol. The van der Waals surface area contributed by atoms with Crippen molar-refractivity contribution >= 4 is 5.71 Å². The van der Waals surface area contributed by atoms with E-state index in [0.717, 1.165) is 0 Å². The van der Waals surface area contributed by atoms with Gasteiger partial charge in [0, 0.05) is 6.07 Å². The fourth-order valence-corrected chi connectivity index (χ4v) is 0.726. The number of aromatic nitrogens is 1. The van der Waals surface area contributed by atoms with Crippen molar-refractivity contribution < 1.29 is 9.94 Å². The number of nitrogens with zero attached hydrogens (tertiary/aromatic N) is 2. The number of hydrogen-bond acceptors (Lipinski definition) is 3. The lowest BCUT2D eigenvalue weighted by molar-refractivity contribution is -0.605. The lowest BCUT2D eigenvalue weighted by Gasteiger charge is -1.97. The van der Waals surface area contributed by atoms with E-state index in [1.807, 2.05) is 0 Å². The average Bonchev–Trinajstić information content (AvgIpc) is 2.03. The second-order valence-electron chi connectivity index (χ2n) is 2.14. The zero-order chi connectivity index (χ0) is 8.27. The van der Waals surface area contributed by atoms with Gasteiger partial charge in [-0.05, 0) is 13.0 Å². The number of oxime groups is 1. The normalized spacial score (nSPS) is 11.5. The van der Waals surface area contributed by atoms with Crippen LogP contribution in [0, 0.1) is 5.21 Å². The molecule has 0 aliphatic rings. The Morgan fingerprint density at radius 3 is 3.00 bits per heavy atom. The van der Waals surface area contributed by atoms with Gasteiger partial charge >= 0.3 is 0 Å². The summed E-state index contributed by atoms with van der Waals surface area (Å²) in [4.78, 5) is 0. The molecule has 1 aromatic rings. The van der Waals surface area contributed by atoms with Gasteiger partial charge in [0.05, 0.1) is 11.3 Å². The van der Waals surface area contributed by atoms with Gasteiger partial charge in [-0.25, -0.2) is 0 Å². The molecule has 0 aromatic carbocycles. The molecule has 0 spiro atoms. The zero-order valence-corrected chi connectivity index (χ0v) is 6.06. The van der Waals surface area contributed by atoms with E-state index in [-0.39, 0.29) is 0 Å². The van der Waals surface area contributed by atoms with E-state index >= 15 is 0 Å². The second kappa shape index (κ2) is 3.01. The molecule has 1 heterocycles. The Kier molecular flexibility index (Phi) is 2.06. The summed E-state index contributed by atoms with van der Waals surface area (Å²) in [5, 5.41) is 22.0. The van der Waals surface area contributed by atoms with Gasteiger partial charge in [-0.1, -0.05) is 5.16 Å². The Labute approximate surface area is 64.0 Å². The van der Waals surface area contributed by atoms with Crippen molar-refractivity contribution in [2.45, 2.75) is 6.92 Å². The van der Waals surface area contributed by atoms with Crippen LogP contribution >= 0.6 is 0 Å². The summed E-state index contributed by atoms with van der Waals surface area (Å²) in [5.74, 6) is 0. The van der Waals surface area contributed by atoms with Crippen molar-refractivity contribution in [3.8, 4) is 0 Å². The molecule has 1 aromatic heterocycles. The van der Waals surface area contributed by atoms with Gasteiger partial charge in [0.25, 0.3) is 0 Å². The van der Waals surface area contributed by atoms with Crippen LogP contribution in [0.25, 0.3) is 0 Å². The summed E-state index contributed by atoms with van der Waals surface area (Å²) in [5.41, 5.74) is 1.04. The van der Waals surface area contributed by atoms with E-state index in [2.05, 4.69) is 5.16 Å². The van der Waals surface area contributed by atoms with Crippen molar-refractivity contribution in [2.75, 3.05) is 0 Å². The van der Waals surface area contributed by atoms with Gasteiger partial charge < -0.3 is 10.4 Å². The maximum atomic E-state index is 10.7. The predicted octanol–water partition coefficient (Wildman–Crippen LogP) is 0.518. The molecule has 4 nitrogen and oxygen atoms in total. The Morgan fingerprint density at radius 2 is 2.45 bits per heavy atom. The Morgan fingerprint density at radius 1 is 1.73 bits per heavy atom. The van der Waals surface area contributed by atoms with Crippen LogP contribution in [-0.2, 0) is 0 Å². The summed E-state index contributed by atoms with van der Waals surface area (Å²) in [6, 6.07) is 3.29. The summed E-state index contributed by atoms with van der Waals surface area (Å²) in [6.45, 7) is 1.62. The molecule has 11 heavy (non-hydrogen) atoms. The average molecular weight is 152 g/mol. The van der Waals surface area contributed by atoms with E-state index in [1.165, 1.54) is 12.4 Å². The SMILES string of the molecule is C/C(=N\O)c1ccc[n+]([O-])c1. The van der Waals surface area contributed by atoms with Crippen LogP contribution in [0.3, 0.4) is 0 Å². The fourth-order valence-electron chi connectivity index (χ4n) is 0.726. The van der Waals surface area contributed by atoms with Crippen molar-refractivity contribution in [1.82, 2.24) is 0 Å². The summed E-state index contributed by atoms with van der Waals surface area (Å²) >= 11 is 0. The zero-order valence-electron chi connectivity index (χ0n) is 6.06. The third-order valence-corrected chi connectivity index (χ3v) is 1.34. The van der Waals surface area contributed by atoms with Gasteiger partial charge in [0.2, 0.25) is 0 Å². The molecule has 0 saturated heterocycles. The number of rotatable bonds is 1. The molecule has 1 rings (SSSR count). The van der Waals surface area contributed by atoms with Crippen molar-refractivity contribution in [3.63, 3.8) is 0 Å². The van der Waals surface area contributed by atoms with Gasteiger partial charge in [0.1, 0.15) is 0 Å². The largest absolute Gasteiger partial charge is 0.619 e. The first kappa shape index (κ1) is 7.53. The Balaban J connectivity index is 3.06. The van der Waals surface area contributed by atoms with Crippen LogP contribution in [0.15, 0.2) is 29.7 Å². The van der Waals surface area contributed by atoms with E-state index in [9.17, 15) is 5.21 Å². The van der Waals surface area contributed by atoms with E-state index in [1.54, 1.807) is 19.1 Å². The molecule has 0 bridgehead atoms. The standard InChI is InChI=1S/C7H8N2O2/c1-6(8-10)7-3-2-4-9(11)5-7/h2-5,10H,1H3/b8-6+. The van der Waals surface area contributed by atoms with Gasteiger partial charge in [-0.15, -0.1) is 0 Å². The predicted molar refractivity (Wildman–Crippen MR) is 39.4 cm³/mol. The summed E-state index contributed by atoms with van der Waals surface area (Å²) in [7, 11) is 0. The fraction of sp³-hybridized carbons (Fsp3) is 0.143. The highest BCUT2D eigenvalue weighted by atomic mass is 16.5. The topological polar surface area (TPSA) is 59.5 Å². The molecule has 58 valence electrons.